The molecule has 2 heterocycles. The number of aromatic nitrogens is 2. The van der Waals surface area contributed by atoms with Gasteiger partial charge in [0.05, 0.1) is 24.4 Å². The lowest BCUT2D eigenvalue weighted by molar-refractivity contribution is 0.0524. The molecule has 0 fully saturated rings. The van der Waals surface area contributed by atoms with Crippen LogP contribution >= 0.6 is 22.6 Å². The van der Waals surface area contributed by atoms with Gasteiger partial charge in [0, 0.05) is 20.7 Å². The molecule has 0 saturated carbocycles. The fourth-order valence-electron chi connectivity index (χ4n) is 2.69. The first-order valence-electron chi connectivity index (χ1n) is 7.69. The summed E-state index contributed by atoms with van der Waals surface area (Å²) in [5, 5.41) is 0.770. The molecule has 0 spiro atoms. The second-order valence-electron chi connectivity index (χ2n) is 5.50. The Hall–Kier alpha value is -2.03. The van der Waals surface area contributed by atoms with E-state index in [4.69, 9.17) is 4.74 Å². The van der Waals surface area contributed by atoms with Crippen LogP contribution in [0.3, 0.4) is 0 Å². The third kappa shape index (κ3) is 3.24. The Kier molecular flexibility index (Phi) is 5.03. The van der Waals surface area contributed by atoms with Gasteiger partial charge in [-0.15, -0.1) is 0 Å². The summed E-state index contributed by atoms with van der Waals surface area (Å²) in [5.41, 5.74) is 1.82. The van der Waals surface area contributed by atoms with E-state index in [1.54, 1.807) is 24.6 Å². The van der Waals surface area contributed by atoms with Crippen LogP contribution in [0.1, 0.15) is 28.5 Å². The van der Waals surface area contributed by atoms with Crippen LogP contribution in [0.4, 0.5) is 8.78 Å². The number of halogens is 3. The van der Waals surface area contributed by atoms with Gasteiger partial charge >= 0.3 is 5.97 Å². The molecule has 0 unspecified atom stereocenters. The molecule has 0 radical (unpaired) electrons. The maximum absolute atomic E-state index is 13.9. The first-order chi connectivity index (χ1) is 11.9. The number of esters is 1. The van der Waals surface area contributed by atoms with Crippen molar-refractivity contribution in [2.45, 2.75) is 20.4 Å². The summed E-state index contributed by atoms with van der Waals surface area (Å²) in [6, 6.07) is 5.91. The fraction of sp³-hybridized carbons (Fsp3) is 0.222. The van der Waals surface area contributed by atoms with Gasteiger partial charge in [-0.3, -0.25) is 0 Å². The number of rotatable bonds is 4. The third-order valence-corrected chi connectivity index (χ3v) is 5.00. The minimum absolute atomic E-state index is 0.147. The van der Waals surface area contributed by atoms with E-state index in [0.29, 0.717) is 16.9 Å². The first kappa shape index (κ1) is 17.8. The Morgan fingerprint density at radius 1 is 1.32 bits per heavy atom. The normalized spacial score (nSPS) is 11.1. The second-order valence-corrected chi connectivity index (χ2v) is 6.58. The summed E-state index contributed by atoms with van der Waals surface area (Å²) >= 11 is 2.09. The lowest BCUT2D eigenvalue weighted by Crippen LogP contribution is -2.11. The molecule has 7 heteroatoms. The zero-order chi connectivity index (χ0) is 18.1. The lowest BCUT2D eigenvalue weighted by atomic mass is 10.1. The standard InChI is InChI=1S/C18H15F2IN2O2/c1-3-25-18(24)14-10(2)22-17-12(16(14)21)7-8-23(17)9-11-5-4-6-13(19)15(11)20/h4-8H,3,9H2,1-2H3. The van der Waals surface area contributed by atoms with Crippen LogP contribution in [0, 0.1) is 22.1 Å². The molecule has 0 amide bonds. The molecular weight excluding hydrogens is 441 g/mol. The highest BCUT2D eigenvalue weighted by atomic mass is 127. The molecule has 0 aliphatic carbocycles. The van der Waals surface area contributed by atoms with Crippen molar-refractivity contribution in [3.63, 3.8) is 0 Å². The van der Waals surface area contributed by atoms with Gasteiger partial charge < -0.3 is 9.30 Å². The Balaban J connectivity index is 2.08. The smallest absolute Gasteiger partial charge is 0.341 e. The van der Waals surface area contributed by atoms with Crippen LogP contribution in [0.2, 0.25) is 0 Å². The van der Waals surface area contributed by atoms with Crippen molar-refractivity contribution < 1.29 is 18.3 Å². The van der Waals surface area contributed by atoms with Crippen LogP contribution in [0.15, 0.2) is 30.5 Å². The highest BCUT2D eigenvalue weighted by Gasteiger charge is 2.20. The van der Waals surface area contributed by atoms with Crippen molar-refractivity contribution in [2.75, 3.05) is 6.61 Å². The van der Waals surface area contributed by atoms with Crippen molar-refractivity contribution in [3.8, 4) is 0 Å². The van der Waals surface area contributed by atoms with Gasteiger partial charge in [-0.25, -0.2) is 18.6 Å². The highest BCUT2D eigenvalue weighted by molar-refractivity contribution is 14.1. The van der Waals surface area contributed by atoms with Crippen molar-refractivity contribution >= 4 is 39.6 Å². The molecule has 0 atom stereocenters. The van der Waals surface area contributed by atoms with Crippen LogP contribution in [0.5, 0.6) is 0 Å². The van der Waals surface area contributed by atoms with Crippen molar-refractivity contribution in [2.24, 2.45) is 0 Å². The molecule has 4 nitrogen and oxygen atoms in total. The van der Waals surface area contributed by atoms with Gasteiger partial charge in [-0.2, -0.15) is 0 Å². The van der Waals surface area contributed by atoms with Crippen molar-refractivity contribution in [3.05, 3.63) is 62.5 Å². The number of pyridine rings is 1. The largest absolute Gasteiger partial charge is 0.462 e. The average molecular weight is 456 g/mol. The van der Waals surface area contributed by atoms with E-state index in [0.717, 1.165) is 15.0 Å². The van der Waals surface area contributed by atoms with E-state index in [2.05, 4.69) is 27.6 Å². The van der Waals surface area contributed by atoms with E-state index >= 15 is 0 Å². The van der Waals surface area contributed by atoms with E-state index in [1.807, 2.05) is 6.07 Å². The predicted octanol–water partition coefficient (Wildman–Crippen LogP) is 4.45. The number of aryl methyl sites for hydroxylation is 1. The molecule has 2 aromatic heterocycles. The minimum Gasteiger partial charge on any atom is -0.462 e. The molecule has 0 aliphatic rings. The molecule has 0 N–H and O–H groups in total. The Morgan fingerprint density at radius 3 is 2.80 bits per heavy atom. The molecule has 1 aromatic carbocycles. The van der Waals surface area contributed by atoms with Crippen molar-refractivity contribution in [1.82, 2.24) is 9.55 Å². The predicted molar refractivity (Wildman–Crippen MR) is 98.6 cm³/mol. The Bertz CT molecular complexity index is 969. The van der Waals surface area contributed by atoms with Gasteiger partial charge in [-0.05, 0) is 48.6 Å². The topological polar surface area (TPSA) is 44.1 Å². The number of hydrogen-bond acceptors (Lipinski definition) is 3. The molecular formula is C18H15F2IN2O2. The van der Waals surface area contributed by atoms with Crippen LogP contribution < -0.4 is 0 Å². The molecule has 130 valence electrons. The quantitative estimate of drug-likeness (QED) is 0.431. The molecule has 0 bridgehead atoms. The Morgan fingerprint density at radius 2 is 2.08 bits per heavy atom. The number of ether oxygens (including phenoxy) is 1. The van der Waals surface area contributed by atoms with Crippen LogP contribution in [-0.2, 0) is 11.3 Å². The number of carbonyl (C=O) groups excluding carboxylic acids is 1. The minimum atomic E-state index is -0.878. The third-order valence-electron chi connectivity index (χ3n) is 3.88. The SMILES string of the molecule is CCOC(=O)c1c(C)nc2c(ccn2Cc2cccc(F)c2F)c1I. The van der Waals surface area contributed by atoms with Gasteiger partial charge in [0.2, 0.25) is 0 Å². The van der Waals surface area contributed by atoms with Gasteiger partial charge in [-0.1, -0.05) is 12.1 Å². The van der Waals surface area contributed by atoms with Gasteiger partial charge in [0.1, 0.15) is 5.65 Å². The number of carbonyl (C=O) groups is 1. The molecule has 25 heavy (non-hydrogen) atoms. The first-order valence-corrected chi connectivity index (χ1v) is 8.76. The van der Waals surface area contributed by atoms with Gasteiger partial charge in [0.15, 0.2) is 11.6 Å². The average Bonchev–Trinajstić information content (AvgIpc) is 2.95. The summed E-state index contributed by atoms with van der Waals surface area (Å²) < 4.78 is 34.9. The molecule has 3 rings (SSSR count). The maximum atomic E-state index is 13.9. The van der Waals surface area contributed by atoms with Crippen LogP contribution in [0.25, 0.3) is 11.0 Å². The summed E-state index contributed by atoms with van der Waals surface area (Å²) in [6.07, 6.45) is 1.75. The summed E-state index contributed by atoms with van der Waals surface area (Å²) in [4.78, 5) is 16.6. The second kappa shape index (κ2) is 7.07. The number of fused-ring (bicyclic) bond motifs is 1. The monoisotopic (exact) mass is 456 g/mol. The van der Waals surface area contributed by atoms with Gasteiger partial charge in [0.25, 0.3) is 0 Å². The number of hydrogen-bond donors (Lipinski definition) is 0. The summed E-state index contributed by atoms with van der Waals surface area (Å²) in [6.45, 7) is 3.91. The van der Waals surface area contributed by atoms with E-state index in [-0.39, 0.29) is 18.7 Å². The fourth-order valence-corrected chi connectivity index (χ4v) is 3.72. The Labute approximate surface area is 157 Å². The number of benzene rings is 1. The zero-order valence-electron chi connectivity index (χ0n) is 13.6. The van der Waals surface area contributed by atoms with Crippen LogP contribution in [-0.4, -0.2) is 22.1 Å². The summed E-state index contributed by atoms with van der Waals surface area (Å²) in [7, 11) is 0. The summed E-state index contributed by atoms with van der Waals surface area (Å²) in [5.74, 6) is -2.15. The van der Waals surface area contributed by atoms with E-state index < -0.39 is 17.6 Å². The van der Waals surface area contributed by atoms with Crippen molar-refractivity contribution in [1.29, 1.82) is 0 Å². The molecule has 0 aliphatic heterocycles. The number of nitrogens with zero attached hydrogens (tertiary/aromatic N) is 2. The molecule has 3 aromatic rings. The molecule has 0 saturated heterocycles. The van der Waals surface area contributed by atoms with E-state index in [1.165, 1.54) is 12.1 Å². The van der Waals surface area contributed by atoms with E-state index in [9.17, 15) is 13.6 Å². The zero-order valence-corrected chi connectivity index (χ0v) is 15.8. The highest BCUT2D eigenvalue weighted by Crippen LogP contribution is 2.27. The maximum Gasteiger partial charge on any atom is 0.341 e. The lowest BCUT2D eigenvalue weighted by Gasteiger charge is -2.11.